The molecule has 0 radical (unpaired) electrons. The Morgan fingerprint density at radius 1 is 0.789 bits per heavy atom. The number of hydrogen-bond donors (Lipinski definition) is 0. The molecule has 0 saturated heterocycles. The predicted molar refractivity (Wildman–Crippen MR) is 137 cm³/mol. The smallest absolute Gasteiger partial charge is 0.312 e. The molecule has 9 nitrogen and oxygen atoms in total. The van der Waals surface area contributed by atoms with Gasteiger partial charge in [0.1, 0.15) is 23.0 Å². The molecule has 3 aromatic carbocycles. The van der Waals surface area contributed by atoms with Gasteiger partial charge in [-0.2, -0.15) is 0 Å². The Morgan fingerprint density at radius 2 is 1.55 bits per heavy atom. The minimum Gasteiger partial charge on any atom is -0.497 e. The number of esters is 1. The summed E-state index contributed by atoms with van der Waals surface area (Å²) in [5, 5.41) is 0. The molecule has 3 aromatic rings. The van der Waals surface area contributed by atoms with Crippen molar-refractivity contribution < 1.29 is 42.7 Å². The molecule has 5 rings (SSSR count). The van der Waals surface area contributed by atoms with Crippen molar-refractivity contribution >= 4 is 17.8 Å². The molecular formula is C29H26O9. The lowest BCUT2D eigenvalue weighted by Gasteiger charge is -2.28. The monoisotopic (exact) mass is 518 g/mol. The number of ketones is 1. The van der Waals surface area contributed by atoms with Crippen LogP contribution in [0.1, 0.15) is 39.4 Å². The summed E-state index contributed by atoms with van der Waals surface area (Å²) in [7, 11) is 7.66. The third-order valence-electron chi connectivity index (χ3n) is 6.62. The number of carbonyl (C=O) groups is 2. The second kappa shape index (κ2) is 10.0. The first-order valence-corrected chi connectivity index (χ1v) is 11.8. The molecule has 2 aliphatic heterocycles. The number of methoxy groups -OCH3 is 5. The summed E-state index contributed by atoms with van der Waals surface area (Å²) in [6, 6.07) is 12.0. The molecule has 0 bridgehead atoms. The molecule has 2 heterocycles. The Balaban J connectivity index is 1.64. The standard InChI is InChI=1S/C29H26O9/c1-32-16-7-6-15(22(13-16)34-3)12-23-26(31)18-9-10-20-25(27(18)38-23)19(14-24(30)37-20)17-8-11-21(33-2)29(36-5)28(17)35-4/h6-13,19H,14H2,1-5H3. The highest BCUT2D eigenvalue weighted by molar-refractivity contribution is 6.15. The van der Waals surface area contributed by atoms with Gasteiger partial charge in [0.05, 0.1) is 47.5 Å². The van der Waals surface area contributed by atoms with E-state index in [1.807, 2.05) is 6.07 Å². The van der Waals surface area contributed by atoms with E-state index in [0.717, 1.165) is 0 Å². The van der Waals surface area contributed by atoms with Crippen LogP contribution in [0.25, 0.3) is 6.08 Å². The number of Topliss-reactive ketones (excluding diaryl/α,β-unsaturated/α-hetero) is 1. The molecule has 0 spiro atoms. The fourth-order valence-corrected chi connectivity index (χ4v) is 4.85. The summed E-state index contributed by atoms with van der Waals surface area (Å²) in [5.41, 5.74) is 2.25. The lowest BCUT2D eigenvalue weighted by Crippen LogP contribution is -2.22. The van der Waals surface area contributed by atoms with Gasteiger partial charge in [0, 0.05) is 28.7 Å². The molecular weight excluding hydrogens is 492 g/mol. The van der Waals surface area contributed by atoms with Crippen molar-refractivity contribution in [2.24, 2.45) is 0 Å². The van der Waals surface area contributed by atoms with Crippen molar-refractivity contribution in [3.8, 4) is 40.2 Å². The third kappa shape index (κ3) is 4.06. The fraction of sp³-hybridized carbons (Fsp3) is 0.241. The van der Waals surface area contributed by atoms with Gasteiger partial charge in [0.15, 0.2) is 17.3 Å². The molecule has 0 saturated carbocycles. The number of benzene rings is 3. The Morgan fingerprint density at radius 3 is 2.24 bits per heavy atom. The number of carbonyl (C=O) groups excluding carboxylic acids is 2. The van der Waals surface area contributed by atoms with Crippen LogP contribution in [0.2, 0.25) is 0 Å². The number of allylic oxidation sites excluding steroid dienone is 1. The largest absolute Gasteiger partial charge is 0.497 e. The summed E-state index contributed by atoms with van der Waals surface area (Å²) >= 11 is 0. The zero-order chi connectivity index (χ0) is 27.0. The van der Waals surface area contributed by atoms with E-state index in [1.54, 1.807) is 49.6 Å². The highest BCUT2D eigenvalue weighted by Crippen LogP contribution is 2.53. The van der Waals surface area contributed by atoms with Gasteiger partial charge in [-0.3, -0.25) is 9.59 Å². The van der Waals surface area contributed by atoms with Crippen LogP contribution < -0.4 is 33.2 Å². The van der Waals surface area contributed by atoms with Crippen molar-refractivity contribution in [1.29, 1.82) is 0 Å². The molecule has 196 valence electrons. The van der Waals surface area contributed by atoms with E-state index in [4.69, 9.17) is 33.2 Å². The molecule has 1 atom stereocenters. The predicted octanol–water partition coefficient (Wildman–Crippen LogP) is 4.79. The normalized spacial score (nSPS) is 16.8. The Labute approximate surface area is 219 Å². The Bertz CT molecular complexity index is 1470. The van der Waals surface area contributed by atoms with Gasteiger partial charge in [0.25, 0.3) is 0 Å². The number of rotatable bonds is 7. The average Bonchev–Trinajstić information content (AvgIpc) is 3.26. The molecule has 0 aliphatic carbocycles. The Hall–Kier alpha value is -4.66. The number of fused-ring (bicyclic) bond motifs is 3. The van der Waals surface area contributed by atoms with Crippen LogP contribution in [0.15, 0.2) is 48.2 Å². The van der Waals surface area contributed by atoms with Crippen LogP contribution in [0.5, 0.6) is 40.2 Å². The van der Waals surface area contributed by atoms with Gasteiger partial charge in [0.2, 0.25) is 11.5 Å². The molecule has 9 heteroatoms. The quantitative estimate of drug-likeness (QED) is 0.248. The van der Waals surface area contributed by atoms with Crippen molar-refractivity contribution in [3.63, 3.8) is 0 Å². The second-order valence-corrected chi connectivity index (χ2v) is 8.56. The summed E-state index contributed by atoms with van der Waals surface area (Å²) in [6.07, 6.45) is 1.63. The summed E-state index contributed by atoms with van der Waals surface area (Å²) in [4.78, 5) is 26.0. The average molecular weight is 519 g/mol. The summed E-state index contributed by atoms with van der Waals surface area (Å²) in [5.74, 6) is 1.96. The van der Waals surface area contributed by atoms with E-state index >= 15 is 0 Å². The van der Waals surface area contributed by atoms with Crippen LogP contribution in [0, 0.1) is 0 Å². The molecule has 0 N–H and O–H groups in total. The molecule has 1 unspecified atom stereocenters. The van der Waals surface area contributed by atoms with E-state index in [1.165, 1.54) is 28.4 Å². The SMILES string of the molecule is COc1ccc(C=C2Oc3c(ccc4c3C(c3ccc(OC)c(OC)c3OC)CC(=O)O4)C2=O)c(OC)c1. The van der Waals surface area contributed by atoms with Crippen LogP contribution in [-0.4, -0.2) is 47.3 Å². The van der Waals surface area contributed by atoms with Crippen molar-refractivity contribution in [2.45, 2.75) is 12.3 Å². The zero-order valence-electron chi connectivity index (χ0n) is 21.6. The van der Waals surface area contributed by atoms with Crippen molar-refractivity contribution in [2.75, 3.05) is 35.5 Å². The van der Waals surface area contributed by atoms with Gasteiger partial charge in [-0.15, -0.1) is 0 Å². The lowest BCUT2D eigenvalue weighted by molar-refractivity contribution is -0.135. The maximum absolute atomic E-state index is 13.4. The van der Waals surface area contributed by atoms with Crippen molar-refractivity contribution in [3.05, 3.63) is 70.5 Å². The summed E-state index contributed by atoms with van der Waals surface area (Å²) < 4.78 is 39.1. The molecule has 0 fully saturated rings. The highest BCUT2D eigenvalue weighted by Gasteiger charge is 2.40. The first-order valence-electron chi connectivity index (χ1n) is 11.8. The van der Waals surface area contributed by atoms with E-state index in [-0.39, 0.29) is 18.0 Å². The summed E-state index contributed by atoms with van der Waals surface area (Å²) in [6.45, 7) is 0. The first-order chi connectivity index (χ1) is 18.4. The van der Waals surface area contributed by atoms with Crippen molar-refractivity contribution in [1.82, 2.24) is 0 Å². The maximum Gasteiger partial charge on any atom is 0.312 e. The Kier molecular flexibility index (Phi) is 6.59. The van der Waals surface area contributed by atoms with Crippen LogP contribution in [-0.2, 0) is 4.79 Å². The van der Waals surface area contributed by atoms with E-state index < -0.39 is 11.9 Å². The molecule has 0 aromatic heterocycles. The van der Waals surface area contributed by atoms with Gasteiger partial charge >= 0.3 is 5.97 Å². The molecule has 2 aliphatic rings. The highest BCUT2D eigenvalue weighted by atomic mass is 16.5. The van der Waals surface area contributed by atoms with Gasteiger partial charge in [-0.1, -0.05) is 6.07 Å². The van der Waals surface area contributed by atoms with Gasteiger partial charge in [-0.05, 0) is 36.4 Å². The van der Waals surface area contributed by atoms with Crippen LogP contribution >= 0.6 is 0 Å². The second-order valence-electron chi connectivity index (χ2n) is 8.56. The molecule has 0 amide bonds. The van der Waals surface area contributed by atoms with E-state index in [2.05, 4.69) is 0 Å². The van der Waals surface area contributed by atoms with Crippen LogP contribution in [0.4, 0.5) is 0 Å². The number of hydrogen-bond acceptors (Lipinski definition) is 9. The zero-order valence-corrected chi connectivity index (χ0v) is 21.6. The minimum atomic E-state index is -0.529. The lowest BCUT2D eigenvalue weighted by atomic mass is 9.84. The topological polar surface area (TPSA) is 98.8 Å². The van der Waals surface area contributed by atoms with Gasteiger partial charge < -0.3 is 33.2 Å². The van der Waals surface area contributed by atoms with Gasteiger partial charge in [-0.25, -0.2) is 0 Å². The number of ether oxygens (including phenoxy) is 7. The van der Waals surface area contributed by atoms with Crippen LogP contribution in [0.3, 0.4) is 0 Å². The fourth-order valence-electron chi connectivity index (χ4n) is 4.85. The third-order valence-corrected chi connectivity index (χ3v) is 6.62. The minimum absolute atomic E-state index is 0.0121. The molecule has 38 heavy (non-hydrogen) atoms. The van der Waals surface area contributed by atoms with E-state index in [0.29, 0.717) is 62.5 Å². The van der Waals surface area contributed by atoms with E-state index in [9.17, 15) is 9.59 Å². The first kappa shape index (κ1) is 25.0. The maximum atomic E-state index is 13.4.